The molecular weight excluding hydrogens is 206 g/mol. The Balaban J connectivity index is 2.86. The summed E-state index contributed by atoms with van der Waals surface area (Å²) in [6.45, 7) is 2.16. The Bertz CT molecular complexity index is 379. The van der Waals surface area contributed by atoms with Crippen LogP contribution in [0.25, 0.3) is 0 Å². The molecule has 0 aliphatic heterocycles. The average Bonchev–Trinajstić information content (AvgIpc) is 2.27. The molecule has 1 rings (SSSR count). The molecule has 0 fully saturated rings. The van der Waals surface area contributed by atoms with Crippen LogP contribution in [0.1, 0.15) is 5.69 Å². The molecule has 1 heterocycles. The normalized spacial score (nSPS) is 9.75. The molecule has 16 heavy (non-hydrogen) atoms. The van der Waals surface area contributed by atoms with Crippen molar-refractivity contribution in [1.82, 2.24) is 15.3 Å². The molecule has 0 aliphatic carbocycles. The monoisotopic (exact) mass is 223 g/mol. The van der Waals surface area contributed by atoms with Gasteiger partial charge in [0.15, 0.2) is 0 Å². The zero-order valence-corrected chi connectivity index (χ0v) is 10.0. The summed E-state index contributed by atoms with van der Waals surface area (Å²) in [4.78, 5) is 21.4. The number of amides is 1. The number of carbonyl (C=O) groups is 1. The van der Waals surface area contributed by atoms with Gasteiger partial charge in [0.2, 0.25) is 11.9 Å². The molecule has 0 saturated heterocycles. The van der Waals surface area contributed by atoms with Gasteiger partial charge in [0, 0.05) is 32.9 Å². The third kappa shape index (κ3) is 3.08. The fourth-order valence-corrected chi connectivity index (χ4v) is 1.23. The predicted molar refractivity (Wildman–Crippen MR) is 63.7 cm³/mol. The summed E-state index contributed by atoms with van der Waals surface area (Å²) in [6.07, 6.45) is 0. The minimum absolute atomic E-state index is 0.0511. The van der Waals surface area contributed by atoms with Crippen molar-refractivity contribution in [2.45, 2.75) is 6.92 Å². The molecule has 0 saturated carbocycles. The fourth-order valence-electron chi connectivity index (χ4n) is 1.23. The van der Waals surface area contributed by atoms with Gasteiger partial charge in [-0.25, -0.2) is 4.98 Å². The predicted octanol–water partition coefficient (Wildman–Crippen LogP) is 0.00892. The van der Waals surface area contributed by atoms with Crippen molar-refractivity contribution < 1.29 is 4.79 Å². The molecule has 1 aromatic heterocycles. The topological polar surface area (TPSA) is 70.2 Å². The van der Waals surface area contributed by atoms with Crippen LogP contribution in [0.4, 0.5) is 11.8 Å². The van der Waals surface area contributed by atoms with E-state index in [2.05, 4.69) is 20.6 Å². The highest BCUT2D eigenvalue weighted by Crippen LogP contribution is 2.12. The van der Waals surface area contributed by atoms with E-state index in [9.17, 15) is 4.79 Å². The van der Waals surface area contributed by atoms with Gasteiger partial charge >= 0.3 is 0 Å². The van der Waals surface area contributed by atoms with Crippen molar-refractivity contribution in [3.63, 3.8) is 0 Å². The SMILES string of the molecule is CNC(=O)CN(C)c1cc(C)nc(NC)n1. The Morgan fingerprint density at radius 2 is 2.12 bits per heavy atom. The number of hydrogen-bond acceptors (Lipinski definition) is 5. The van der Waals surface area contributed by atoms with Gasteiger partial charge in [0.05, 0.1) is 6.54 Å². The first-order valence-corrected chi connectivity index (χ1v) is 5.02. The summed E-state index contributed by atoms with van der Waals surface area (Å²) in [7, 11) is 5.19. The second-order valence-corrected chi connectivity index (χ2v) is 3.47. The van der Waals surface area contributed by atoms with Gasteiger partial charge < -0.3 is 15.5 Å². The first-order chi connectivity index (χ1) is 7.56. The lowest BCUT2D eigenvalue weighted by Crippen LogP contribution is -2.33. The van der Waals surface area contributed by atoms with Crippen LogP contribution in [0.15, 0.2) is 6.07 Å². The summed E-state index contributed by atoms with van der Waals surface area (Å²) in [5, 5.41) is 5.45. The Kier molecular flexibility index (Phi) is 4.04. The lowest BCUT2D eigenvalue weighted by molar-refractivity contribution is -0.119. The zero-order chi connectivity index (χ0) is 12.1. The molecule has 0 aliphatic rings. The maximum absolute atomic E-state index is 11.2. The molecule has 1 aromatic rings. The van der Waals surface area contributed by atoms with Gasteiger partial charge in [0.25, 0.3) is 0 Å². The summed E-state index contributed by atoms with van der Waals surface area (Å²) in [6, 6.07) is 1.84. The van der Waals surface area contributed by atoms with Crippen molar-refractivity contribution in [3.05, 3.63) is 11.8 Å². The number of carbonyl (C=O) groups excluding carboxylic acids is 1. The first-order valence-electron chi connectivity index (χ1n) is 5.02. The van der Waals surface area contributed by atoms with Crippen LogP contribution in [0.2, 0.25) is 0 Å². The largest absolute Gasteiger partial charge is 0.358 e. The Morgan fingerprint density at radius 3 is 2.69 bits per heavy atom. The van der Waals surface area contributed by atoms with Gasteiger partial charge in [-0.2, -0.15) is 4.98 Å². The van der Waals surface area contributed by atoms with Crippen LogP contribution in [0.5, 0.6) is 0 Å². The molecule has 1 amide bonds. The average molecular weight is 223 g/mol. The van der Waals surface area contributed by atoms with E-state index < -0.39 is 0 Å². The van der Waals surface area contributed by atoms with Crippen LogP contribution in [-0.2, 0) is 4.79 Å². The Morgan fingerprint density at radius 1 is 1.44 bits per heavy atom. The van der Waals surface area contributed by atoms with Crippen LogP contribution < -0.4 is 15.5 Å². The minimum atomic E-state index is -0.0511. The van der Waals surface area contributed by atoms with Crippen molar-refractivity contribution >= 4 is 17.7 Å². The van der Waals surface area contributed by atoms with E-state index in [1.807, 2.05) is 20.0 Å². The van der Waals surface area contributed by atoms with Crippen molar-refractivity contribution in [2.24, 2.45) is 0 Å². The van der Waals surface area contributed by atoms with E-state index in [1.54, 1.807) is 19.0 Å². The van der Waals surface area contributed by atoms with Gasteiger partial charge in [0.1, 0.15) is 5.82 Å². The van der Waals surface area contributed by atoms with Crippen LogP contribution in [0.3, 0.4) is 0 Å². The summed E-state index contributed by atoms with van der Waals surface area (Å²) >= 11 is 0. The number of nitrogens with one attached hydrogen (secondary N) is 2. The molecule has 0 radical (unpaired) electrons. The second kappa shape index (κ2) is 5.29. The highest BCUT2D eigenvalue weighted by molar-refractivity contribution is 5.80. The summed E-state index contributed by atoms with van der Waals surface area (Å²) in [5.41, 5.74) is 0.859. The number of aromatic nitrogens is 2. The molecule has 6 heteroatoms. The van der Waals surface area contributed by atoms with Crippen molar-refractivity contribution in [3.8, 4) is 0 Å². The number of nitrogens with zero attached hydrogens (tertiary/aromatic N) is 3. The van der Waals surface area contributed by atoms with Crippen molar-refractivity contribution in [2.75, 3.05) is 37.9 Å². The van der Waals surface area contributed by atoms with Crippen LogP contribution in [0, 0.1) is 6.92 Å². The van der Waals surface area contributed by atoms with E-state index in [4.69, 9.17) is 0 Å². The maximum Gasteiger partial charge on any atom is 0.239 e. The van der Waals surface area contributed by atoms with Gasteiger partial charge in [-0.05, 0) is 6.92 Å². The molecule has 88 valence electrons. The summed E-state index contributed by atoms with van der Waals surface area (Å²) in [5.74, 6) is 1.23. The molecule has 0 spiro atoms. The molecule has 0 atom stereocenters. The maximum atomic E-state index is 11.2. The molecule has 0 unspecified atom stereocenters. The molecule has 6 nitrogen and oxygen atoms in total. The summed E-state index contributed by atoms with van der Waals surface area (Å²) < 4.78 is 0. The number of likely N-dealkylation sites (N-methyl/N-ethyl adjacent to an activating group) is 2. The molecule has 0 aromatic carbocycles. The highest BCUT2D eigenvalue weighted by atomic mass is 16.1. The second-order valence-electron chi connectivity index (χ2n) is 3.47. The van der Waals surface area contributed by atoms with Gasteiger partial charge in [-0.15, -0.1) is 0 Å². The quantitative estimate of drug-likeness (QED) is 0.752. The van der Waals surface area contributed by atoms with E-state index >= 15 is 0 Å². The third-order valence-electron chi connectivity index (χ3n) is 2.12. The Labute approximate surface area is 95.1 Å². The van der Waals surface area contributed by atoms with Gasteiger partial charge in [-0.1, -0.05) is 0 Å². The van der Waals surface area contributed by atoms with E-state index in [-0.39, 0.29) is 12.5 Å². The fraction of sp³-hybridized carbons (Fsp3) is 0.500. The van der Waals surface area contributed by atoms with Crippen molar-refractivity contribution in [1.29, 1.82) is 0 Å². The smallest absolute Gasteiger partial charge is 0.239 e. The number of rotatable bonds is 4. The zero-order valence-electron chi connectivity index (χ0n) is 10.0. The Hall–Kier alpha value is -1.85. The minimum Gasteiger partial charge on any atom is -0.358 e. The molecule has 2 N–H and O–H groups in total. The lowest BCUT2D eigenvalue weighted by atomic mass is 10.4. The van der Waals surface area contributed by atoms with E-state index in [0.29, 0.717) is 5.95 Å². The van der Waals surface area contributed by atoms with E-state index in [1.165, 1.54) is 0 Å². The number of hydrogen-bond donors (Lipinski definition) is 2. The lowest BCUT2D eigenvalue weighted by Gasteiger charge is -2.17. The first kappa shape index (κ1) is 12.2. The highest BCUT2D eigenvalue weighted by Gasteiger charge is 2.09. The molecule has 0 bridgehead atoms. The van der Waals surface area contributed by atoms with Crippen LogP contribution >= 0.6 is 0 Å². The third-order valence-corrected chi connectivity index (χ3v) is 2.12. The van der Waals surface area contributed by atoms with E-state index in [0.717, 1.165) is 11.5 Å². The van der Waals surface area contributed by atoms with Gasteiger partial charge in [-0.3, -0.25) is 4.79 Å². The standard InChI is InChI=1S/C10H17N5O/c1-7-5-8(14-10(12-3)13-7)15(4)6-9(16)11-2/h5H,6H2,1-4H3,(H,11,16)(H,12,13,14). The number of aryl methyl sites for hydroxylation is 1. The van der Waals surface area contributed by atoms with Crippen LogP contribution in [-0.4, -0.2) is 43.6 Å². The molecular formula is C10H17N5O. The number of anilines is 2.